The molecule has 132 valence electrons. The Balaban J connectivity index is 2.10. The van der Waals surface area contributed by atoms with Gasteiger partial charge in [-0.15, -0.1) is 11.8 Å². The van der Waals surface area contributed by atoms with Crippen LogP contribution in [0.25, 0.3) is 0 Å². The number of nitrogens with one attached hydrogen (secondary N) is 1. The molecule has 2 aromatic rings. The Morgan fingerprint density at radius 1 is 1.20 bits per heavy atom. The van der Waals surface area contributed by atoms with Crippen molar-refractivity contribution in [3.05, 3.63) is 81.3 Å². The largest absolute Gasteiger partial charge is 0.416 e. The zero-order chi connectivity index (χ0) is 18.4. The quantitative estimate of drug-likeness (QED) is 0.523. The summed E-state index contributed by atoms with van der Waals surface area (Å²) in [5, 5.41) is 4.28. The van der Waals surface area contributed by atoms with Gasteiger partial charge in [-0.3, -0.25) is 4.79 Å². The van der Waals surface area contributed by atoms with E-state index in [0.29, 0.717) is 16.6 Å². The van der Waals surface area contributed by atoms with Gasteiger partial charge in [0.25, 0.3) is 0 Å². The molecule has 0 aromatic heterocycles. The fourth-order valence-corrected chi connectivity index (χ4v) is 2.59. The lowest BCUT2D eigenvalue weighted by atomic mass is 10.1. The number of rotatable bonds is 6. The van der Waals surface area contributed by atoms with Crippen LogP contribution in [0, 0.1) is 0 Å². The Morgan fingerprint density at radius 2 is 1.88 bits per heavy atom. The summed E-state index contributed by atoms with van der Waals surface area (Å²) >= 11 is 7.13. The SMILES string of the molecule is CSC(=CC(=O)c1cccc(C(F)(F)F)c1)NCc1ccc(Cl)cc1. The second kappa shape index (κ2) is 8.45. The van der Waals surface area contributed by atoms with Gasteiger partial charge in [0.2, 0.25) is 0 Å². The molecule has 0 saturated heterocycles. The number of carbonyl (C=O) groups is 1. The van der Waals surface area contributed by atoms with Gasteiger partial charge in [-0.05, 0) is 36.1 Å². The highest BCUT2D eigenvalue weighted by molar-refractivity contribution is 8.02. The number of halogens is 4. The number of thioether (sulfide) groups is 1. The Bertz CT molecular complexity index is 773. The highest BCUT2D eigenvalue weighted by Crippen LogP contribution is 2.29. The minimum absolute atomic E-state index is 0.00494. The maximum Gasteiger partial charge on any atom is 0.416 e. The van der Waals surface area contributed by atoms with Crippen LogP contribution >= 0.6 is 23.4 Å². The normalized spacial score (nSPS) is 12.1. The molecule has 0 saturated carbocycles. The number of alkyl halides is 3. The Morgan fingerprint density at radius 3 is 2.48 bits per heavy atom. The molecule has 0 heterocycles. The maximum atomic E-state index is 12.7. The van der Waals surface area contributed by atoms with Crippen molar-refractivity contribution in [3.63, 3.8) is 0 Å². The van der Waals surface area contributed by atoms with Crippen LogP contribution < -0.4 is 5.32 Å². The average molecular weight is 386 g/mol. The molecule has 0 spiro atoms. The van der Waals surface area contributed by atoms with E-state index in [-0.39, 0.29) is 5.56 Å². The van der Waals surface area contributed by atoms with Crippen LogP contribution in [-0.4, -0.2) is 12.0 Å². The monoisotopic (exact) mass is 385 g/mol. The highest BCUT2D eigenvalue weighted by Gasteiger charge is 2.30. The summed E-state index contributed by atoms with van der Waals surface area (Å²) in [7, 11) is 0. The minimum Gasteiger partial charge on any atom is -0.376 e. The van der Waals surface area contributed by atoms with E-state index in [1.807, 2.05) is 12.1 Å². The first-order chi connectivity index (χ1) is 11.8. The number of allylic oxidation sites excluding steroid dienone is 1. The molecular weight excluding hydrogens is 371 g/mol. The fraction of sp³-hybridized carbons (Fsp3) is 0.167. The summed E-state index contributed by atoms with van der Waals surface area (Å²) in [6.45, 7) is 0.472. The lowest BCUT2D eigenvalue weighted by Gasteiger charge is -2.10. The predicted molar refractivity (Wildman–Crippen MR) is 95.7 cm³/mol. The van der Waals surface area contributed by atoms with Crippen LogP contribution in [0.3, 0.4) is 0 Å². The van der Waals surface area contributed by atoms with Crippen LogP contribution in [-0.2, 0) is 12.7 Å². The number of hydrogen-bond acceptors (Lipinski definition) is 3. The molecule has 0 fully saturated rings. The summed E-state index contributed by atoms with van der Waals surface area (Å²) in [6, 6.07) is 11.6. The van der Waals surface area contributed by atoms with E-state index < -0.39 is 17.5 Å². The van der Waals surface area contributed by atoms with Gasteiger partial charge < -0.3 is 5.32 Å². The molecule has 7 heteroatoms. The first-order valence-electron chi connectivity index (χ1n) is 7.25. The highest BCUT2D eigenvalue weighted by atomic mass is 35.5. The van der Waals surface area contributed by atoms with Crippen LogP contribution in [0.1, 0.15) is 21.5 Å². The fourth-order valence-electron chi connectivity index (χ4n) is 2.02. The molecule has 0 aliphatic rings. The summed E-state index contributed by atoms with van der Waals surface area (Å²) in [4.78, 5) is 12.2. The number of ketones is 1. The molecule has 0 aliphatic heterocycles. The molecule has 25 heavy (non-hydrogen) atoms. The summed E-state index contributed by atoms with van der Waals surface area (Å²) in [6.07, 6.45) is -1.40. The van der Waals surface area contributed by atoms with Gasteiger partial charge in [-0.1, -0.05) is 35.9 Å². The van der Waals surface area contributed by atoms with E-state index in [2.05, 4.69) is 5.32 Å². The third kappa shape index (κ3) is 5.83. The van der Waals surface area contributed by atoms with Gasteiger partial charge in [0.1, 0.15) is 0 Å². The zero-order valence-corrected chi connectivity index (χ0v) is 14.8. The molecule has 0 aliphatic carbocycles. The third-order valence-corrected chi connectivity index (χ3v) is 4.29. The van der Waals surface area contributed by atoms with Gasteiger partial charge in [0.05, 0.1) is 10.6 Å². The molecule has 0 unspecified atom stereocenters. The molecule has 0 amide bonds. The number of benzene rings is 2. The first kappa shape index (κ1) is 19.4. The van der Waals surface area contributed by atoms with Gasteiger partial charge in [0, 0.05) is 23.2 Å². The summed E-state index contributed by atoms with van der Waals surface area (Å²) < 4.78 is 38.2. The van der Waals surface area contributed by atoms with Gasteiger partial charge in [-0.25, -0.2) is 0 Å². The summed E-state index contributed by atoms with van der Waals surface area (Å²) in [5.41, 5.74) is 0.122. The zero-order valence-electron chi connectivity index (χ0n) is 13.2. The van der Waals surface area contributed by atoms with Crippen LogP contribution in [0.15, 0.2) is 59.6 Å². The minimum atomic E-state index is -4.48. The molecule has 1 N–H and O–H groups in total. The molecule has 2 nitrogen and oxygen atoms in total. The van der Waals surface area contributed by atoms with E-state index in [1.54, 1.807) is 18.4 Å². The van der Waals surface area contributed by atoms with Gasteiger partial charge in [0.15, 0.2) is 5.78 Å². The smallest absolute Gasteiger partial charge is 0.376 e. The summed E-state index contributed by atoms with van der Waals surface area (Å²) in [5.74, 6) is -0.487. The average Bonchev–Trinajstić information content (AvgIpc) is 2.59. The van der Waals surface area contributed by atoms with E-state index >= 15 is 0 Å². The van der Waals surface area contributed by atoms with E-state index in [1.165, 1.54) is 30.0 Å². The molecule has 0 radical (unpaired) electrons. The standard InChI is InChI=1S/C18H15ClF3NOS/c1-25-17(23-11-12-5-7-15(19)8-6-12)10-16(24)13-3-2-4-14(9-13)18(20,21)22/h2-10,23H,11H2,1H3. The molecular formula is C18H15ClF3NOS. The second-order valence-corrected chi connectivity index (χ2v) is 6.42. The van der Waals surface area contributed by atoms with E-state index in [0.717, 1.165) is 17.7 Å². The Labute approximate surface area is 153 Å². The molecule has 0 bridgehead atoms. The van der Waals surface area contributed by atoms with Crippen molar-refractivity contribution >= 4 is 29.1 Å². The lowest BCUT2D eigenvalue weighted by molar-refractivity contribution is -0.137. The molecule has 2 rings (SSSR count). The first-order valence-corrected chi connectivity index (χ1v) is 8.85. The van der Waals surface area contributed by atoms with Crippen molar-refractivity contribution < 1.29 is 18.0 Å². The lowest BCUT2D eigenvalue weighted by Crippen LogP contribution is -2.12. The van der Waals surface area contributed by atoms with Gasteiger partial charge >= 0.3 is 6.18 Å². The Hall–Kier alpha value is -1.92. The van der Waals surface area contributed by atoms with Crippen molar-refractivity contribution in [2.45, 2.75) is 12.7 Å². The van der Waals surface area contributed by atoms with Crippen molar-refractivity contribution in [3.8, 4) is 0 Å². The van der Waals surface area contributed by atoms with E-state index in [4.69, 9.17) is 11.6 Å². The number of hydrogen-bond donors (Lipinski definition) is 1. The Kier molecular flexibility index (Phi) is 6.56. The van der Waals surface area contributed by atoms with Crippen molar-refractivity contribution in [1.82, 2.24) is 5.32 Å². The predicted octanol–water partition coefficient (Wildman–Crippen LogP) is 5.54. The van der Waals surface area contributed by atoms with Crippen molar-refractivity contribution in [1.29, 1.82) is 0 Å². The topological polar surface area (TPSA) is 29.1 Å². The maximum absolute atomic E-state index is 12.7. The van der Waals surface area contributed by atoms with Gasteiger partial charge in [-0.2, -0.15) is 13.2 Å². The van der Waals surface area contributed by atoms with Crippen LogP contribution in [0.5, 0.6) is 0 Å². The van der Waals surface area contributed by atoms with Crippen LogP contribution in [0.4, 0.5) is 13.2 Å². The van der Waals surface area contributed by atoms with Crippen molar-refractivity contribution in [2.75, 3.05) is 6.26 Å². The second-order valence-electron chi connectivity index (χ2n) is 5.14. The third-order valence-electron chi connectivity index (χ3n) is 3.34. The van der Waals surface area contributed by atoms with E-state index in [9.17, 15) is 18.0 Å². The van der Waals surface area contributed by atoms with Crippen LogP contribution in [0.2, 0.25) is 5.02 Å². The molecule has 0 atom stereocenters. The number of carbonyl (C=O) groups excluding carboxylic acids is 1. The van der Waals surface area contributed by atoms with Crippen molar-refractivity contribution in [2.24, 2.45) is 0 Å². The molecule has 2 aromatic carbocycles.